The number of allylic oxidation sites excluding steroid dienone is 1. The summed E-state index contributed by atoms with van der Waals surface area (Å²) in [7, 11) is 0. The van der Waals surface area contributed by atoms with Crippen LogP contribution in [0.15, 0.2) is 45.6 Å². The molecule has 8 nitrogen and oxygen atoms in total. The van der Waals surface area contributed by atoms with Crippen LogP contribution in [0.1, 0.15) is 45.6 Å². The van der Waals surface area contributed by atoms with Gasteiger partial charge in [-0.25, -0.2) is 14.8 Å². The highest BCUT2D eigenvalue weighted by atomic mass is 19.1. The van der Waals surface area contributed by atoms with E-state index in [0.717, 1.165) is 12.0 Å². The number of nitrogens with zero attached hydrogens (tertiary/aromatic N) is 3. The van der Waals surface area contributed by atoms with Crippen LogP contribution in [0.3, 0.4) is 0 Å². The third-order valence-corrected chi connectivity index (χ3v) is 4.39. The molecule has 1 aromatic carbocycles. The predicted octanol–water partition coefficient (Wildman–Crippen LogP) is 2.25. The molecular formula is C20H27FN6O2. The number of hydrogen-bond acceptors (Lipinski definition) is 5. The van der Waals surface area contributed by atoms with E-state index in [1.165, 1.54) is 11.1 Å². The van der Waals surface area contributed by atoms with Gasteiger partial charge in [-0.05, 0) is 26.3 Å². The summed E-state index contributed by atoms with van der Waals surface area (Å²) in [6.45, 7) is 5.61. The molecule has 1 heterocycles. The van der Waals surface area contributed by atoms with E-state index < -0.39 is 17.8 Å². The normalized spacial score (nSPS) is 15.4. The molecule has 2 rings (SSSR count). The Labute approximate surface area is 169 Å². The van der Waals surface area contributed by atoms with Crippen LogP contribution in [0.4, 0.5) is 4.39 Å². The first-order chi connectivity index (χ1) is 13.8. The maximum absolute atomic E-state index is 14.0. The summed E-state index contributed by atoms with van der Waals surface area (Å²) in [6.07, 6.45) is 0.732. The van der Waals surface area contributed by atoms with Gasteiger partial charge in [-0.15, -0.1) is 0 Å². The summed E-state index contributed by atoms with van der Waals surface area (Å²) in [5.41, 5.74) is 10.1. The first kappa shape index (κ1) is 22.2. The Balaban J connectivity index is 2.21. The Bertz CT molecular complexity index is 873. The lowest BCUT2D eigenvalue weighted by Gasteiger charge is -2.14. The molecule has 1 aromatic rings. The van der Waals surface area contributed by atoms with E-state index >= 15 is 0 Å². The molecule has 1 aliphatic rings. The maximum Gasteiger partial charge on any atom is 0.268 e. The zero-order valence-electron chi connectivity index (χ0n) is 16.9. The van der Waals surface area contributed by atoms with Crippen LogP contribution in [0.2, 0.25) is 0 Å². The van der Waals surface area contributed by atoms with Crippen LogP contribution < -0.4 is 11.2 Å². The second kappa shape index (κ2) is 9.92. The SMILES string of the molecule is CCCCC(O)C(=O)N/N=C(\N)C1=NN(Cc2ccccc2F)C(=N)C1=C(C)C. The molecule has 0 aromatic heterocycles. The standard InChI is InChI=1S/C20H27FN6O2/c1-4-5-10-15(28)20(29)25-24-18(22)17-16(12(2)3)19(23)27(26-17)11-13-8-6-7-9-14(13)21/h6-9,15,23,28H,4-5,10-11H2,1-3H3,(H2,22,24)(H,25,29). The predicted molar refractivity (Wildman–Crippen MR) is 111 cm³/mol. The van der Waals surface area contributed by atoms with Crippen molar-refractivity contribution < 1.29 is 14.3 Å². The van der Waals surface area contributed by atoms with Gasteiger partial charge >= 0.3 is 0 Å². The molecule has 0 fully saturated rings. The molecule has 0 saturated heterocycles. The zero-order valence-corrected chi connectivity index (χ0v) is 16.9. The minimum atomic E-state index is -1.17. The number of nitrogens with two attached hydrogens (primary N) is 1. The van der Waals surface area contributed by atoms with Crippen molar-refractivity contribution in [2.75, 3.05) is 0 Å². The van der Waals surface area contributed by atoms with Gasteiger partial charge in [0.1, 0.15) is 17.6 Å². The number of amidine groups is 2. The highest BCUT2D eigenvalue weighted by molar-refractivity contribution is 6.54. The Morgan fingerprint density at radius 1 is 1.41 bits per heavy atom. The number of amides is 1. The van der Waals surface area contributed by atoms with Crippen LogP contribution in [0.5, 0.6) is 0 Å². The van der Waals surface area contributed by atoms with Crippen molar-refractivity contribution in [2.24, 2.45) is 15.9 Å². The zero-order chi connectivity index (χ0) is 21.6. The van der Waals surface area contributed by atoms with Gasteiger partial charge in [-0.3, -0.25) is 10.2 Å². The Morgan fingerprint density at radius 2 is 2.10 bits per heavy atom. The summed E-state index contributed by atoms with van der Waals surface area (Å²) in [6, 6.07) is 6.26. The number of hydrazone groups is 2. The van der Waals surface area contributed by atoms with E-state index in [-0.39, 0.29) is 23.9 Å². The number of benzene rings is 1. The van der Waals surface area contributed by atoms with Crippen molar-refractivity contribution in [1.82, 2.24) is 10.4 Å². The summed E-state index contributed by atoms with van der Waals surface area (Å²) < 4.78 is 14.0. The number of halogens is 1. The van der Waals surface area contributed by atoms with Crippen molar-refractivity contribution in [3.8, 4) is 0 Å². The summed E-state index contributed by atoms with van der Waals surface area (Å²) in [4.78, 5) is 11.9. The first-order valence-corrected chi connectivity index (χ1v) is 9.44. The van der Waals surface area contributed by atoms with E-state index in [9.17, 15) is 14.3 Å². The van der Waals surface area contributed by atoms with Gasteiger partial charge in [-0.2, -0.15) is 10.2 Å². The third kappa shape index (κ3) is 5.47. The lowest BCUT2D eigenvalue weighted by molar-refractivity contribution is -0.129. The first-order valence-electron chi connectivity index (χ1n) is 9.44. The summed E-state index contributed by atoms with van der Waals surface area (Å²) >= 11 is 0. The van der Waals surface area contributed by atoms with Gasteiger partial charge in [0.15, 0.2) is 11.7 Å². The number of nitrogens with one attached hydrogen (secondary N) is 2. The minimum Gasteiger partial charge on any atom is -0.383 e. The Kier molecular flexibility index (Phi) is 7.60. The molecule has 1 atom stereocenters. The average molecular weight is 402 g/mol. The van der Waals surface area contributed by atoms with Crippen molar-refractivity contribution in [3.63, 3.8) is 0 Å². The molecule has 1 amide bonds. The quantitative estimate of drug-likeness (QED) is 0.302. The van der Waals surface area contributed by atoms with Crippen LogP contribution in [-0.4, -0.2) is 39.5 Å². The molecule has 156 valence electrons. The molecule has 0 radical (unpaired) electrons. The van der Waals surface area contributed by atoms with Gasteiger partial charge in [-0.1, -0.05) is 43.5 Å². The van der Waals surface area contributed by atoms with Crippen LogP contribution in [-0.2, 0) is 11.3 Å². The maximum atomic E-state index is 14.0. The van der Waals surface area contributed by atoms with E-state index in [2.05, 4.69) is 15.6 Å². The van der Waals surface area contributed by atoms with Crippen LogP contribution in [0, 0.1) is 11.2 Å². The molecule has 29 heavy (non-hydrogen) atoms. The monoisotopic (exact) mass is 402 g/mol. The molecule has 1 unspecified atom stereocenters. The summed E-state index contributed by atoms with van der Waals surface area (Å²) in [5.74, 6) is -1.08. The molecule has 9 heteroatoms. The number of carbonyl (C=O) groups excluding carboxylic acids is 1. The van der Waals surface area contributed by atoms with E-state index in [1.54, 1.807) is 32.0 Å². The number of aliphatic hydroxyl groups excluding tert-OH is 1. The largest absolute Gasteiger partial charge is 0.383 e. The van der Waals surface area contributed by atoms with Gasteiger partial charge in [0, 0.05) is 11.1 Å². The number of unbranched alkanes of at least 4 members (excludes halogenated alkanes) is 1. The van der Waals surface area contributed by atoms with Gasteiger partial charge in [0.25, 0.3) is 5.91 Å². The van der Waals surface area contributed by atoms with E-state index in [4.69, 9.17) is 11.1 Å². The molecular weight excluding hydrogens is 375 g/mol. The number of rotatable bonds is 8. The number of hydrogen-bond donors (Lipinski definition) is 4. The highest BCUT2D eigenvalue weighted by Gasteiger charge is 2.30. The van der Waals surface area contributed by atoms with E-state index in [1.807, 2.05) is 6.92 Å². The van der Waals surface area contributed by atoms with E-state index in [0.29, 0.717) is 24.0 Å². The van der Waals surface area contributed by atoms with Crippen LogP contribution >= 0.6 is 0 Å². The fourth-order valence-corrected chi connectivity index (χ4v) is 2.79. The van der Waals surface area contributed by atoms with Crippen molar-refractivity contribution in [3.05, 3.63) is 46.8 Å². The van der Waals surface area contributed by atoms with Crippen LogP contribution in [0.25, 0.3) is 0 Å². The fourth-order valence-electron chi connectivity index (χ4n) is 2.79. The fraction of sp³-hybridized carbons (Fsp3) is 0.400. The van der Waals surface area contributed by atoms with Crippen molar-refractivity contribution >= 4 is 23.3 Å². The topological polar surface area (TPSA) is 127 Å². The van der Waals surface area contributed by atoms with Gasteiger partial charge in [0.05, 0.1) is 6.54 Å². The minimum absolute atomic E-state index is 0.0567. The average Bonchev–Trinajstić information content (AvgIpc) is 3.02. The molecule has 0 aliphatic carbocycles. The highest BCUT2D eigenvalue weighted by Crippen LogP contribution is 2.22. The second-order valence-electron chi connectivity index (χ2n) is 6.95. The van der Waals surface area contributed by atoms with Gasteiger partial charge < -0.3 is 10.8 Å². The molecule has 5 N–H and O–H groups in total. The Hall–Kier alpha value is -3.07. The van der Waals surface area contributed by atoms with Crippen molar-refractivity contribution in [1.29, 1.82) is 5.41 Å². The summed E-state index contributed by atoms with van der Waals surface area (Å²) in [5, 5.41) is 27.7. The third-order valence-electron chi connectivity index (χ3n) is 4.39. The number of carbonyl (C=O) groups is 1. The second-order valence-corrected chi connectivity index (χ2v) is 6.95. The van der Waals surface area contributed by atoms with Crippen molar-refractivity contribution in [2.45, 2.75) is 52.7 Å². The Morgan fingerprint density at radius 3 is 2.72 bits per heavy atom. The molecule has 0 bridgehead atoms. The lowest BCUT2D eigenvalue weighted by Crippen LogP contribution is -2.35. The molecule has 0 spiro atoms. The van der Waals surface area contributed by atoms with Gasteiger partial charge in [0.2, 0.25) is 0 Å². The molecule has 0 saturated carbocycles. The molecule has 1 aliphatic heterocycles. The lowest BCUT2D eigenvalue weighted by atomic mass is 10.0. The smallest absolute Gasteiger partial charge is 0.268 e. The number of aliphatic hydroxyl groups is 1.